The minimum absolute atomic E-state index is 0.0543. The maximum atomic E-state index is 15.1. The zero-order valence-electron chi connectivity index (χ0n) is 28.7. The van der Waals surface area contributed by atoms with Crippen LogP contribution in [0.3, 0.4) is 0 Å². The molecule has 4 aromatic carbocycles. The first-order chi connectivity index (χ1) is 24.0. The molecule has 0 bridgehead atoms. The molecule has 10 heteroatoms. The molecular formula is C40H42I2N2O5Si. The smallest absolute Gasteiger partial charge is 0.264 e. The van der Waals surface area contributed by atoms with Crippen molar-refractivity contribution in [3.8, 4) is 5.75 Å². The maximum absolute atomic E-state index is 15.1. The number of hydrogen-bond acceptors (Lipinski definition) is 5. The van der Waals surface area contributed by atoms with Gasteiger partial charge < -0.3 is 24.4 Å². The Morgan fingerprint density at radius 3 is 2.40 bits per heavy atom. The van der Waals surface area contributed by atoms with Crippen LogP contribution >= 0.6 is 45.2 Å². The number of methoxy groups -OCH3 is 1. The lowest BCUT2D eigenvalue weighted by molar-refractivity contribution is -0.151. The van der Waals surface area contributed by atoms with Crippen LogP contribution in [0.2, 0.25) is 18.6 Å². The van der Waals surface area contributed by atoms with Gasteiger partial charge >= 0.3 is 0 Å². The Balaban J connectivity index is 1.31. The minimum atomic E-state index is -2.44. The van der Waals surface area contributed by atoms with Crippen molar-refractivity contribution in [2.45, 2.75) is 69.2 Å². The Kier molecular flexibility index (Phi) is 9.96. The highest BCUT2D eigenvalue weighted by Crippen LogP contribution is 2.60. The number of benzene rings is 4. The first-order valence-corrected chi connectivity index (χ1v) is 22.4. The van der Waals surface area contributed by atoms with Gasteiger partial charge in [-0.05, 0) is 116 Å². The Labute approximate surface area is 322 Å². The molecule has 1 spiro atoms. The molecule has 0 aromatic heterocycles. The van der Waals surface area contributed by atoms with Crippen molar-refractivity contribution in [1.29, 1.82) is 0 Å². The SMILES string of the molecule is COc1ccc([Si](C)(C)[C@H]2[C@H](CC(=O)N3Cc4ccccc4C[C@H]3CO)O[C@@]3(C(=O)N(Cc4cccc(I)c4)c4ccc(I)cc43)[C@@H]2C)cc1. The van der Waals surface area contributed by atoms with E-state index in [-0.39, 0.29) is 42.3 Å². The number of hydrogen-bond donors (Lipinski definition) is 1. The molecule has 1 saturated heterocycles. The summed E-state index contributed by atoms with van der Waals surface area (Å²) in [6.07, 6.45) is 0.230. The Morgan fingerprint density at radius 1 is 0.980 bits per heavy atom. The predicted octanol–water partition coefficient (Wildman–Crippen LogP) is 7.00. The Bertz CT molecular complexity index is 1940. The van der Waals surface area contributed by atoms with E-state index in [0.29, 0.717) is 19.5 Å². The molecule has 0 radical (unpaired) electrons. The molecule has 1 fully saturated rings. The summed E-state index contributed by atoms with van der Waals surface area (Å²) in [5, 5.41) is 11.7. The van der Waals surface area contributed by atoms with E-state index in [9.17, 15) is 9.90 Å². The topological polar surface area (TPSA) is 79.3 Å². The third-order valence-corrected chi connectivity index (χ3v) is 17.0. The van der Waals surface area contributed by atoms with Crippen LogP contribution in [0.4, 0.5) is 5.69 Å². The monoisotopic (exact) mass is 912 g/mol. The second-order valence-electron chi connectivity index (χ2n) is 14.4. The van der Waals surface area contributed by atoms with Crippen molar-refractivity contribution in [3.05, 3.63) is 120 Å². The zero-order valence-corrected chi connectivity index (χ0v) is 34.1. The lowest BCUT2D eigenvalue weighted by atomic mass is 9.82. The van der Waals surface area contributed by atoms with Crippen LogP contribution in [0, 0.1) is 13.1 Å². The summed E-state index contributed by atoms with van der Waals surface area (Å²) in [5.41, 5.74) is 3.76. The highest BCUT2D eigenvalue weighted by Gasteiger charge is 2.66. The molecule has 0 unspecified atom stereocenters. The van der Waals surface area contributed by atoms with Gasteiger partial charge in [0.05, 0.1) is 52.6 Å². The van der Waals surface area contributed by atoms with Crippen LogP contribution in [0.15, 0.2) is 91.0 Å². The maximum Gasteiger partial charge on any atom is 0.264 e. The van der Waals surface area contributed by atoms with Crippen LogP contribution in [0.25, 0.3) is 0 Å². The van der Waals surface area contributed by atoms with Gasteiger partial charge in [0, 0.05) is 25.2 Å². The number of halogens is 2. The van der Waals surface area contributed by atoms with Crippen molar-refractivity contribution in [1.82, 2.24) is 4.90 Å². The number of ether oxygens (including phenoxy) is 2. The third kappa shape index (κ3) is 6.12. The van der Waals surface area contributed by atoms with E-state index in [1.54, 1.807) is 7.11 Å². The molecule has 50 heavy (non-hydrogen) atoms. The van der Waals surface area contributed by atoms with Crippen LogP contribution in [0.5, 0.6) is 5.75 Å². The van der Waals surface area contributed by atoms with Crippen LogP contribution in [-0.4, -0.2) is 55.8 Å². The van der Waals surface area contributed by atoms with E-state index in [4.69, 9.17) is 9.47 Å². The molecule has 3 heterocycles. The van der Waals surface area contributed by atoms with Gasteiger partial charge in [0.2, 0.25) is 5.91 Å². The van der Waals surface area contributed by atoms with Gasteiger partial charge in [0.25, 0.3) is 5.91 Å². The van der Waals surface area contributed by atoms with Gasteiger partial charge in [-0.15, -0.1) is 0 Å². The summed E-state index contributed by atoms with van der Waals surface area (Å²) >= 11 is 4.63. The first-order valence-electron chi connectivity index (χ1n) is 17.1. The highest BCUT2D eigenvalue weighted by atomic mass is 127. The van der Waals surface area contributed by atoms with Gasteiger partial charge in [0.1, 0.15) is 5.75 Å². The summed E-state index contributed by atoms with van der Waals surface area (Å²) < 4.78 is 14.9. The van der Waals surface area contributed by atoms with E-state index < -0.39 is 19.8 Å². The average molecular weight is 913 g/mol. The minimum Gasteiger partial charge on any atom is -0.497 e. The molecule has 2 amide bonds. The molecule has 3 aliphatic rings. The number of amides is 2. The molecule has 4 aromatic rings. The molecule has 7 rings (SSSR count). The molecule has 7 nitrogen and oxygen atoms in total. The van der Waals surface area contributed by atoms with Gasteiger partial charge in [-0.25, -0.2) is 0 Å². The van der Waals surface area contributed by atoms with Crippen LogP contribution in [0.1, 0.15) is 35.6 Å². The second-order valence-corrected chi connectivity index (χ2v) is 21.6. The number of aliphatic hydroxyl groups is 1. The normalized spacial score (nSPS) is 24.4. The molecule has 3 aliphatic heterocycles. The average Bonchev–Trinajstić information content (AvgIpc) is 3.53. The van der Waals surface area contributed by atoms with Crippen molar-refractivity contribution in [2.75, 3.05) is 18.6 Å². The van der Waals surface area contributed by atoms with E-state index in [1.807, 2.05) is 52.3 Å². The van der Waals surface area contributed by atoms with Gasteiger partial charge in [0.15, 0.2) is 5.60 Å². The van der Waals surface area contributed by atoms with Crippen molar-refractivity contribution in [3.63, 3.8) is 0 Å². The second kappa shape index (κ2) is 14.0. The summed E-state index contributed by atoms with van der Waals surface area (Å²) in [5.74, 6) is 0.450. The quantitative estimate of drug-likeness (QED) is 0.152. The molecular weight excluding hydrogens is 870 g/mol. The van der Waals surface area contributed by atoms with Crippen LogP contribution in [-0.2, 0) is 39.4 Å². The predicted molar refractivity (Wildman–Crippen MR) is 215 cm³/mol. The van der Waals surface area contributed by atoms with Crippen molar-refractivity contribution >= 4 is 75.9 Å². The van der Waals surface area contributed by atoms with E-state index >= 15 is 4.79 Å². The largest absolute Gasteiger partial charge is 0.497 e. The Hall–Kier alpha value is -2.78. The van der Waals surface area contributed by atoms with E-state index in [0.717, 1.165) is 35.3 Å². The molecule has 5 atom stereocenters. The third-order valence-electron chi connectivity index (χ3n) is 11.3. The summed E-state index contributed by atoms with van der Waals surface area (Å²) in [4.78, 5) is 33.3. The standard InChI is InChI=1S/C40H42I2N2O5Si/c1-25-38(50(3,4)33-15-13-32(48-2)14-16-33)36(21-37(46)43-23-28-10-6-5-9-27(28)19-31(43)24-45)49-40(25)34-20-30(42)12-17-35(34)44(39(40)47)22-26-8-7-11-29(41)18-26/h5-18,20,25,31,36,38,45H,19,21-24H2,1-4H3/t25-,31+,36+,38-,40+/m1/s1. The number of nitrogens with zero attached hydrogens (tertiary/aromatic N) is 2. The number of carbonyl (C=O) groups excluding carboxylic acids is 2. The zero-order chi connectivity index (χ0) is 35.4. The fourth-order valence-electron chi connectivity index (χ4n) is 8.79. The van der Waals surface area contributed by atoms with Gasteiger partial charge in [-0.3, -0.25) is 9.59 Å². The molecule has 0 saturated carbocycles. The van der Waals surface area contributed by atoms with Crippen molar-refractivity contribution < 1.29 is 24.2 Å². The molecule has 1 N–H and O–H groups in total. The lowest BCUT2D eigenvalue weighted by Crippen LogP contribution is -2.52. The van der Waals surface area contributed by atoms with Crippen molar-refractivity contribution in [2.24, 2.45) is 5.92 Å². The fourth-order valence-corrected chi connectivity index (χ4v) is 13.9. The summed E-state index contributed by atoms with van der Waals surface area (Å²) in [6.45, 7) is 7.60. The van der Waals surface area contributed by atoms with E-state index in [2.05, 4.69) is 114 Å². The molecule has 260 valence electrons. The summed E-state index contributed by atoms with van der Waals surface area (Å²) in [6, 6.07) is 30.6. The lowest BCUT2D eigenvalue weighted by Gasteiger charge is -2.39. The summed E-state index contributed by atoms with van der Waals surface area (Å²) in [7, 11) is -0.776. The van der Waals surface area contributed by atoms with Gasteiger partial charge in [-0.1, -0.05) is 73.7 Å². The van der Waals surface area contributed by atoms with Gasteiger partial charge in [-0.2, -0.15) is 0 Å². The Morgan fingerprint density at radius 2 is 1.70 bits per heavy atom. The number of rotatable bonds is 8. The highest BCUT2D eigenvalue weighted by molar-refractivity contribution is 14.1. The number of carbonyl (C=O) groups is 2. The number of aliphatic hydroxyl groups excluding tert-OH is 1. The fraction of sp³-hybridized carbons (Fsp3) is 0.350. The van der Waals surface area contributed by atoms with E-state index in [1.165, 1.54) is 10.8 Å². The number of anilines is 1. The number of fused-ring (bicyclic) bond motifs is 3. The van der Waals surface area contributed by atoms with Crippen LogP contribution < -0.4 is 14.8 Å². The first kappa shape index (κ1) is 35.6. The molecule has 0 aliphatic carbocycles.